The summed E-state index contributed by atoms with van der Waals surface area (Å²) < 4.78 is 1.76. The predicted octanol–water partition coefficient (Wildman–Crippen LogP) is -0.171. The number of aryl methyl sites for hydroxylation is 1. The zero-order valence-corrected chi connectivity index (χ0v) is 14.0. The molecule has 0 saturated carbocycles. The highest BCUT2D eigenvalue weighted by molar-refractivity contribution is 5.95. The van der Waals surface area contributed by atoms with Gasteiger partial charge in [0.1, 0.15) is 11.5 Å². The fourth-order valence-corrected chi connectivity index (χ4v) is 2.97. The minimum Gasteiger partial charge on any atom is -0.364 e. The first kappa shape index (κ1) is 15.9. The molecule has 26 heavy (non-hydrogen) atoms. The quantitative estimate of drug-likeness (QED) is 0.697. The van der Waals surface area contributed by atoms with Gasteiger partial charge in [-0.25, -0.2) is 4.98 Å². The Hall–Kier alpha value is -3.56. The molecular formula is C16H16N8O2. The van der Waals surface area contributed by atoms with Crippen LogP contribution in [0.25, 0.3) is 11.4 Å². The lowest BCUT2D eigenvalue weighted by Gasteiger charge is -2.28. The first-order valence-electron chi connectivity index (χ1n) is 8.01. The van der Waals surface area contributed by atoms with E-state index in [4.69, 9.17) is 5.73 Å². The maximum atomic E-state index is 12.8. The van der Waals surface area contributed by atoms with E-state index in [1.54, 1.807) is 40.8 Å². The van der Waals surface area contributed by atoms with Gasteiger partial charge in [0.25, 0.3) is 11.8 Å². The fraction of sp³-hybridized carbons (Fsp3) is 0.250. The van der Waals surface area contributed by atoms with Crippen molar-refractivity contribution in [3.63, 3.8) is 0 Å². The summed E-state index contributed by atoms with van der Waals surface area (Å²) in [5.41, 5.74) is 7.05. The van der Waals surface area contributed by atoms with Crippen molar-refractivity contribution in [2.24, 2.45) is 12.8 Å². The van der Waals surface area contributed by atoms with Gasteiger partial charge < -0.3 is 15.2 Å². The van der Waals surface area contributed by atoms with E-state index in [1.165, 1.54) is 11.0 Å². The van der Waals surface area contributed by atoms with Crippen molar-refractivity contribution in [3.8, 4) is 11.4 Å². The van der Waals surface area contributed by atoms with Gasteiger partial charge in [-0.2, -0.15) is 4.80 Å². The first-order valence-corrected chi connectivity index (χ1v) is 8.01. The van der Waals surface area contributed by atoms with Gasteiger partial charge in [0, 0.05) is 24.2 Å². The van der Waals surface area contributed by atoms with Gasteiger partial charge in [0.05, 0.1) is 19.8 Å². The summed E-state index contributed by atoms with van der Waals surface area (Å²) in [6.45, 7) is 1.30. The molecule has 0 aliphatic carbocycles. The van der Waals surface area contributed by atoms with Gasteiger partial charge in [0.15, 0.2) is 0 Å². The third-order valence-electron chi connectivity index (χ3n) is 4.30. The fourth-order valence-electron chi connectivity index (χ4n) is 2.97. The Morgan fingerprint density at radius 3 is 2.58 bits per heavy atom. The zero-order valence-electron chi connectivity index (χ0n) is 14.0. The van der Waals surface area contributed by atoms with Crippen LogP contribution in [0.5, 0.6) is 0 Å². The maximum Gasteiger partial charge on any atom is 0.266 e. The Morgan fingerprint density at radius 2 is 1.92 bits per heavy atom. The van der Waals surface area contributed by atoms with Crippen LogP contribution >= 0.6 is 0 Å². The smallest absolute Gasteiger partial charge is 0.266 e. The molecule has 2 N–H and O–H groups in total. The lowest BCUT2D eigenvalue weighted by Crippen LogP contribution is -2.39. The van der Waals surface area contributed by atoms with Gasteiger partial charge >= 0.3 is 0 Å². The van der Waals surface area contributed by atoms with E-state index in [2.05, 4.69) is 20.4 Å². The molecule has 3 aromatic rings. The van der Waals surface area contributed by atoms with Crippen molar-refractivity contribution in [1.29, 1.82) is 0 Å². The Bertz CT molecular complexity index is 988. The molecule has 0 spiro atoms. The summed E-state index contributed by atoms with van der Waals surface area (Å²) in [6, 6.07) is 7.06. The Kier molecular flexibility index (Phi) is 3.72. The van der Waals surface area contributed by atoms with Crippen LogP contribution in [0.3, 0.4) is 0 Å². The van der Waals surface area contributed by atoms with E-state index in [-0.39, 0.29) is 5.91 Å². The summed E-state index contributed by atoms with van der Waals surface area (Å²) in [5.74, 6) is 0.541. The van der Waals surface area contributed by atoms with Crippen molar-refractivity contribution in [2.45, 2.75) is 13.1 Å². The third kappa shape index (κ3) is 2.70. The molecule has 1 aliphatic rings. The topological polar surface area (TPSA) is 125 Å². The molecule has 0 saturated heterocycles. The third-order valence-corrected chi connectivity index (χ3v) is 4.30. The lowest BCUT2D eigenvalue weighted by atomic mass is 10.1. The second kappa shape index (κ2) is 6.06. The highest BCUT2D eigenvalue weighted by Gasteiger charge is 2.25. The minimum absolute atomic E-state index is 0.0986. The van der Waals surface area contributed by atoms with Crippen LogP contribution in [0.1, 0.15) is 26.7 Å². The largest absolute Gasteiger partial charge is 0.364 e. The van der Waals surface area contributed by atoms with Crippen molar-refractivity contribution in [3.05, 3.63) is 47.5 Å². The Morgan fingerprint density at radius 1 is 1.15 bits per heavy atom. The van der Waals surface area contributed by atoms with Crippen LogP contribution in [0.15, 0.2) is 30.5 Å². The molecule has 10 nitrogen and oxygen atoms in total. The molecule has 132 valence electrons. The van der Waals surface area contributed by atoms with Gasteiger partial charge in [0.2, 0.25) is 5.82 Å². The van der Waals surface area contributed by atoms with Gasteiger partial charge in [-0.1, -0.05) is 12.1 Å². The number of fused-ring (bicyclic) bond motifs is 1. The number of imidazole rings is 1. The minimum atomic E-state index is -0.517. The van der Waals surface area contributed by atoms with Crippen LogP contribution in [0.4, 0.5) is 0 Å². The number of nitrogens with zero attached hydrogens (tertiary/aromatic N) is 7. The van der Waals surface area contributed by atoms with E-state index in [0.717, 1.165) is 5.56 Å². The van der Waals surface area contributed by atoms with Crippen molar-refractivity contribution < 1.29 is 9.59 Å². The molecule has 0 atom stereocenters. The summed E-state index contributed by atoms with van der Waals surface area (Å²) in [6.07, 6.45) is 1.45. The normalized spacial score (nSPS) is 13.5. The van der Waals surface area contributed by atoms with Gasteiger partial charge in [-0.3, -0.25) is 9.59 Å². The second-order valence-corrected chi connectivity index (χ2v) is 5.98. The number of hydrogen-bond acceptors (Lipinski definition) is 6. The number of nitrogens with two attached hydrogens (primary N) is 1. The molecule has 0 fully saturated rings. The summed E-state index contributed by atoms with van der Waals surface area (Å²) in [5, 5.41) is 11.9. The van der Waals surface area contributed by atoms with Gasteiger partial charge in [-0.15, -0.1) is 10.2 Å². The number of hydrogen-bond donors (Lipinski definition) is 1. The van der Waals surface area contributed by atoms with Crippen LogP contribution in [-0.4, -0.2) is 53.0 Å². The highest BCUT2D eigenvalue weighted by atomic mass is 16.2. The van der Waals surface area contributed by atoms with Crippen LogP contribution in [0.2, 0.25) is 0 Å². The van der Waals surface area contributed by atoms with Crippen molar-refractivity contribution >= 4 is 11.8 Å². The summed E-state index contributed by atoms with van der Waals surface area (Å²) in [4.78, 5) is 31.4. The van der Waals surface area contributed by atoms with E-state index in [9.17, 15) is 9.59 Å². The van der Waals surface area contributed by atoms with Crippen molar-refractivity contribution in [2.75, 3.05) is 6.54 Å². The number of carbonyl (C=O) groups excluding carboxylic acids is 2. The second-order valence-electron chi connectivity index (χ2n) is 5.98. The number of tetrazole rings is 1. The number of benzene rings is 1. The molecule has 2 amide bonds. The average molecular weight is 352 g/mol. The monoisotopic (exact) mass is 352 g/mol. The molecule has 0 bridgehead atoms. The molecular weight excluding hydrogens is 336 g/mol. The summed E-state index contributed by atoms with van der Waals surface area (Å²) >= 11 is 0. The highest BCUT2D eigenvalue weighted by Crippen LogP contribution is 2.19. The Balaban J connectivity index is 1.52. The standard InChI is InChI=1S/C16H16N8O2/c1-22-20-15(19-21-22)10-2-4-11(5-3-10)16(26)23-6-7-24-12(14(17)25)8-18-13(24)9-23/h2-5,8H,6-7,9H2,1H3,(H2,17,25). The molecule has 4 rings (SSSR count). The first-order chi connectivity index (χ1) is 12.5. The van der Waals surface area contributed by atoms with Crippen LogP contribution < -0.4 is 5.73 Å². The van der Waals surface area contributed by atoms with E-state index >= 15 is 0 Å². The predicted molar refractivity (Wildman–Crippen MR) is 89.7 cm³/mol. The lowest BCUT2D eigenvalue weighted by molar-refractivity contribution is 0.0706. The van der Waals surface area contributed by atoms with Crippen LogP contribution in [0, 0.1) is 0 Å². The van der Waals surface area contributed by atoms with E-state index < -0.39 is 5.91 Å². The zero-order chi connectivity index (χ0) is 18.3. The molecule has 1 aliphatic heterocycles. The molecule has 0 unspecified atom stereocenters. The van der Waals surface area contributed by atoms with E-state index in [0.29, 0.717) is 42.5 Å². The number of carbonyl (C=O) groups is 2. The molecule has 0 radical (unpaired) electrons. The van der Waals surface area contributed by atoms with E-state index in [1.807, 2.05) is 0 Å². The molecule has 10 heteroatoms. The SMILES string of the molecule is Cn1nnc(-c2ccc(C(=O)N3CCn4c(C(N)=O)cnc4C3)cc2)n1. The average Bonchev–Trinajstić information content (AvgIpc) is 3.27. The molecule has 3 heterocycles. The molecule has 2 aromatic heterocycles. The Labute approximate surface area is 148 Å². The maximum absolute atomic E-state index is 12.8. The number of aromatic nitrogens is 6. The van der Waals surface area contributed by atoms with Gasteiger partial charge in [-0.05, 0) is 17.3 Å². The number of rotatable bonds is 3. The summed E-state index contributed by atoms with van der Waals surface area (Å²) in [7, 11) is 1.69. The number of amides is 2. The van der Waals surface area contributed by atoms with Crippen LogP contribution in [-0.2, 0) is 20.1 Å². The molecule has 1 aromatic carbocycles. The van der Waals surface area contributed by atoms with Crippen molar-refractivity contribution in [1.82, 2.24) is 34.7 Å². The number of primary amides is 1.